The first-order valence-electron chi connectivity index (χ1n) is 6.27. The SMILES string of the molecule is CC(=O)CCCSc1ccc2c(c1)OCCCO2. The molecule has 1 heterocycles. The van der Waals surface area contributed by atoms with Crippen molar-refractivity contribution < 1.29 is 14.3 Å². The van der Waals surface area contributed by atoms with E-state index in [1.165, 1.54) is 4.90 Å². The Labute approximate surface area is 112 Å². The molecule has 0 N–H and O–H groups in total. The fraction of sp³-hybridized carbons (Fsp3) is 0.500. The van der Waals surface area contributed by atoms with Crippen LogP contribution in [0.25, 0.3) is 0 Å². The zero-order chi connectivity index (χ0) is 12.8. The van der Waals surface area contributed by atoms with Crippen molar-refractivity contribution in [1.29, 1.82) is 0 Å². The number of thioether (sulfide) groups is 1. The first-order chi connectivity index (χ1) is 8.75. The van der Waals surface area contributed by atoms with Crippen molar-refractivity contribution in [3.63, 3.8) is 0 Å². The largest absolute Gasteiger partial charge is 0.490 e. The highest BCUT2D eigenvalue weighted by molar-refractivity contribution is 7.99. The van der Waals surface area contributed by atoms with Gasteiger partial charge in [0.05, 0.1) is 13.2 Å². The molecule has 18 heavy (non-hydrogen) atoms. The van der Waals surface area contributed by atoms with E-state index in [1.807, 2.05) is 18.2 Å². The van der Waals surface area contributed by atoms with E-state index in [2.05, 4.69) is 0 Å². The van der Waals surface area contributed by atoms with Gasteiger partial charge in [0, 0.05) is 17.7 Å². The monoisotopic (exact) mass is 266 g/mol. The number of hydrogen-bond donors (Lipinski definition) is 0. The van der Waals surface area contributed by atoms with Gasteiger partial charge in [-0.3, -0.25) is 0 Å². The first-order valence-corrected chi connectivity index (χ1v) is 7.26. The molecule has 0 radical (unpaired) electrons. The number of benzene rings is 1. The molecule has 4 heteroatoms. The maximum Gasteiger partial charge on any atom is 0.162 e. The van der Waals surface area contributed by atoms with Gasteiger partial charge < -0.3 is 14.3 Å². The second kappa shape index (κ2) is 6.69. The molecule has 1 aromatic carbocycles. The number of fused-ring (bicyclic) bond motifs is 1. The number of Topliss-reactive ketones (excluding diaryl/α,β-unsaturated/α-hetero) is 1. The van der Waals surface area contributed by atoms with Crippen LogP contribution in [-0.2, 0) is 4.79 Å². The lowest BCUT2D eigenvalue weighted by Gasteiger charge is -2.08. The van der Waals surface area contributed by atoms with E-state index in [4.69, 9.17) is 9.47 Å². The van der Waals surface area contributed by atoms with Crippen LogP contribution >= 0.6 is 11.8 Å². The Morgan fingerprint density at radius 3 is 2.83 bits per heavy atom. The van der Waals surface area contributed by atoms with Gasteiger partial charge in [-0.2, -0.15) is 0 Å². The minimum Gasteiger partial charge on any atom is -0.490 e. The van der Waals surface area contributed by atoms with E-state index in [0.29, 0.717) is 13.0 Å². The molecular weight excluding hydrogens is 248 g/mol. The number of carbonyl (C=O) groups excluding carboxylic acids is 1. The van der Waals surface area contributed by atoms with Gasteiger partial charge in [-0.25, -0.2) is 0 Å². The van der Waals surface area contributed by atoms with Gasteiger partial charge >= 0.3 is 0 Å². The van der Waals surface area contributed by atoms with Crippen LogP contribution in [0.3, 0.4) is 0 Å². The van der Waals surface area contributed by atoms with Gasteiger partial charge in [0.25, 0.3) is 0 Å². The molecule has 1 aliphatic heterocycles. The standard InChI is InChI=1S/C14H18O3S/c1-11(15)4-2-9-18-12-5-6-13-14(10-12)17-8-3-7-16-13/h5-6,10H,2-4,7-9H2,1H3. The van der Waals surface area contributed by atoms with Crippen LogP contribution in [0.5, 0.6) is 11.5 Å². The predicted molar refractivity (Wildman–Crippen MR) is 72.7 cm³/mol. The molecular formula is C14H18O3S. The van der Waals surface area contributed by atoms with E-state index in [-0.39, 0.29) is 5.78 Å². The third kappa shape index (κ3) is 3.95. The van der Waals surface area contributed by atoms with Crippen molar-refractivity contribution in [2.45, 2.75) is 31.1 Å². The average molecular weight is 266 g/mol. The highest BCUT2D eigenvalue weighted by atomic mass is 32.2. The molecule has 0 spiro atoms. The van der Waals surface area contributed by atoms with E-state index < -0.39 is 0 Å². The lowest BCUT2D eigenvalue weighted by Crippen LogP contribution is -1.97. The maximum absolute atomic E-state index is 10.8. The zero-order valence-corrected chi connectivity index (χ0v) is 11.4. The molecule has 0 saturated carbocycles. The molecule has 0 amide bonds. The summed E-state index contributed by atoms with van der Waals surface area (Å²) in [4.78, 5) is 12.0. The predicted octanol–water partition coefficient (Wildman–Crippen LogP) is 3.31. The second-order valence-corrected chi connectivity index (χ2v) is 5.48. The zero-order valence-electron chi connectivity index (χ0n) is 10.6. The summed E-state index contributed by atoms with van der Waals surface area (Å²) >= 11 is 1.75. The van der Waals surface area contributed by atoms with Crippen molar-refractivity contribution in [3.05, 3.63) is 18.2 Å². The molecule has 1 aromatic rings. The summed E-state index contributed by atoms with van der Waals surface area (Å²) < 4.78 is 11.2. The van der Waals surface area contributed by atoms with Crippen LogP contribution in [0.4, 0.5) is 0 Å². The molecule has 0 fully saturated rings. The lowest BCUT2D eigenvalue weighted by molar-refractivity contribution is -0.117. The highest BCUT2D eigenvalue weighted by Gasteiger charge is 2.10. The second-order valence-electron chi connectivity index (χ2n) is 4.31. The molecule has 0 unspecified atom stereocenters. The van der Waals surface area contributed by atoms with E-state index in [1.54, 1.807) is 18.7 Å². The van der Waals surface area contributed by atoms with Crippen LogP contribution in [-0.4, -0.2) is 24.7 Å². The molecule has 0 aromatic heterocycles. The Morgan fingerprint density at radius 2 is 2.06 bits per heavy atom. The van der Waals surface area contributed by atoms with Gasteiger partial charge in [-0.15, -0.1) is 11.8 Å². The molecule has 1 aliphatic rings. The Kier molecular flexibility index (Phi) is 4.93. The topological polar surface area (TPSA) is 35.5 Å². The minimum absolute atomic E-state index is 0.259. The van der Waals surface area contributed by atoms with Gasteiger partial charge in [0.2, 0.25) is 0 Å². The van der Waals surface area contributed by atoms with Gasteiger partial charge in [0.15, 0.2) is 11.5 Å². The summed E-state index contributed by atoms with van der Waals surface area (Å²) in [6.45, 7) is 3.07. The number of ketones is 1. The van der Waals surface area contributed by atoms with Gasteiger partial charge in [0.1, 0.15) is 5.78 Å². The quantitative estimate of drug-likeness (QED) is 0.605. The molecule has 0 aliphatic carbocycles. The normalized spacial score (nSPS) is 14.1. The average Bonchev–Trinajstić information content (AvgIpc) is 2.59. The Balaban J connectivity index is 1.89. The Bertz CT molecular complexity index is 418. The van der Waals surface area contributed by atoms with E-state index >= 15 is 0 Å². The highest BCUT2D eigenvalue weighted by Crippen LogP contribution is 2.34. The fourth-order valence-electron chi connectivity index (χ4n) is 1.74. The molecule has 98 valence electrons. The summed E-state index contributed by atoms with van der Waals surface area (Å²) in [6.07, 6.45) is 2.52. The first kappa shape index (κ1) is 13.3. The molecule has 3 nitrogen and oxygen atoms in total. The van der Waals surface area contributed by atoms with Crippen molar-refractivity contribution in [3.8, 4) is 11.5 Å². The molecule has 2 rings (SSSR count). The summed E-state index contributed by atoms with van der Waals surface area (Å²) in [5, 5.41) is 0. The van der Waals surface area contributed by atoms with Gasteiger partial charge in [-0.05, 0) is 37.3 Å². The fourth-order valence-corrected chi connectivity index (χ4v) is 2.62. The molecule has 0 saturated heterocycles. The Hall–Kier alpha value is -1.16. The minimum atomic E-state index is 0.259. The molecule has 0 atom stereocenters. The maximum atomic E-state index is 10.8. The van der Waals surface area contributed by atoms with Crippen LogP contribution in [0.2, 0.25) is 0 Å². The lowest BCUT2D eigenvalue weighted by atomic mass is 10.3. The van der Waals surface area contributed by atoms with Crippen LogP contribution in [0, 0.1) is 0 Å². The summed E-state index contributed by atoms with van der Waals surface area (Å²) in [5.41, 5.74) is 0. The van der Waals surface area contributed by atoms with Crippen LogP contribution in [0.1, 0.15) is 26.2 Å². The summed E-state index contributed by atoms with van der Waals surface area (Å²) in [6, 6.07) is 6.04. The van der Waals surface area contributed by atoms with Crippen molar-refractivity contribution >= 4 is 17.5 Å². The summed E-state index contributed by atoms with van der Waals surface area (Å²) in [5.74, 6) is 2.89. The number of hydrogen-bond acceptors (Lipinski definition) is 4. The Morgan fingerprint density at radius 1 is 1.28 bits per heavy atom. The van der Waals surface area contributed by atoms with Crippen LogP contribution < -0.4 is 9.47 Å². The van der Waals surface area contributed by atoms with E-state index in [9.17, 15) is 4.79 Å². The van der Waals surface area contributed by atoms with Crippen molar-refractivity contribution in [1.82, 2.24) is 0 Å². The summed E-state index contributed by atoms with van der Waals surface area (Å²) in [7, 11) is 0. The van der Waals surface area contributed by atoms with Gasteiger partial charge in [-0.1, -0.05) is 0 Å². The van der Waals surface area contributed by atoms with E-state index in [0.717, 1.165) is 36.7 Å². The smallest absolute Gasteiger partial charge is 0.162 e. The van der Waals surface area contributed by atoms with Crippen molar-refractivity contribution in [2.75, 3.05) is 19.0 Å². The number of ether oxygens (including phenoxy) is 2. The number of carbonyl (C=O) groups is 1. The molecule has 0 bridgehead atoms. The van der Waals surface area contributed by atoms with Crippen molar-refractivity contribution in [2.24, 2.45) is 0 Å². The van der Waals surface area contributed by atoms with Crippen LogP contribution in [0.15, 0.2) is 23.1 Å². The third-order valence-corrected chi connectivity index (χ3v) is 3.74. The number of rotatable bonds is 5. The third-order valence-electron chi connectivity index (χ3n) is 2.66.